The Morgan fingerprint density at radius 3 is 2.73 bits per heavy atom. The predicted molar refractivity (Wildman–Crippen MR) is 50.8 cm³/mol. The minimum Gasteiger partial charge on any atom is -0.353 e. The van der Waals surface area contributed by atoms with Gasteiger partial charge < -0.3 is 15.5 Å². The molecule has 2 rings (SSSR count). The molecule has 0 bridgehead atoms. The smallest absolute Gasteiger partial charge is 0.312 e. The Kier molecular flexibility index (Phi) is 2.57. The van der Waals surface area contributed by atoms with E-state index < -0.39 is 11.8 Å². The number of hydrogen-bond donors (Lipinski definition) is 2. The second kappa shape index (κ2) is 3.88. The molecule has 0 spiro atoms. The summed E-state index contributed by atoms with van der Waals surface area (Å²) in [5, 5.41) is 5.20. The van der Waals surface area contributed by atoms with E-state index in [2.05, 4.69) is 10.6 Å². The fourth-order valence-electron chi connectivity index (χ4n) is 1.43. The van der Waals surface area contributed by atoms with Crippen molar-refractivity contribution in [3.8, 4) is 0 Å². The molecule has 0 radical (unpaired) electrons. The third-order valence-electron chi connectivity index (χ3n) is 2.43. The van der Waals surface area contributed by atoms with Crippen molar-refractivity contribution in [3.05, 3.63) is 0 Å². The summed E-state index contributed by atoms with van der Waals surface area (Å²) < 4.78 is 0. The van der Waals surface area contributed by atoms with Crippen molar-refractivity contribution in [2.24, 2.45) is 0 Å². The zero-order chi connectivity index (χ0) is 10.8. The molecule has 82 valence electrons. The highest BCUT2D eigenvalue weighted by Crippen LogP contribution is 2.18. The normalized spacial score (nSPS) is 20.8. The monoisotopic (exact) mass is 211 g/mol. The maximum Gasteiger partial charge on any atom is 0.312 e. The fourth-order valence-corrected chi connectivity index (χ4v) is 1.43. The van der Waals surface area contributed by atoms with Gasteiger partial charge in [-0.25, -0.2) is 0 Å². The molecule has 0 atom stereocenters. The van der Waals surface area contributed by atoms with Crippen LogP contribution in [0.2, 0.25) is 0 Å². The first-order valence-corrected chi connectivity index (χ1v) is 5.03. The van der Waals surface area contributed by atoms with E-state index in [1.165, 1.54) is 4.90 Å². The van der Waals surface area contributed by atoms with Gasteiger partial charge in [0.1, 0.15) is 6.54 Å². The van der Waals surface area contributed by atoms with Crippen LogP contribution in [0.4, 0.5) is 0 Å². The average molecular weight is 211 g/mol. The third-order valence-corrected chi connectivity index (χ3v) is 2.43. The van der Waals surface area contributed by atoms with Crippen LogP contribution in [0.15, 0.2) is 0 Å². The first-order chi connectivity index (χ1) is 7.16. The Hall–Kier alpha value is -1.59. The minimum atomic E-state index is -0.600. The summed E-state index contributed by atoms with van der Waals surface area (Å²) in [5.74, 6) is -1.40. The average Bonchev–Trinajstić information content (AvgIpc) is 3.00. The summed E-state index contributed by atoms with van der Waals surface area (Å²) in [7, 11) is 0. The van der Waals surface area contributed by atoms with Crippen LogP contribution in [0.5, 0.6) is 0 Å². The van der Waals surface area contributed by atoms with E-state index in [-0.39, 0.29) is 18.5 Å². The van der Waals surface area contributed by atoms with E-state index in [0.29, 0.717) is 13.1 Å². The molecule has 3 amide bonds. The number of nitrogens with zero attached hydrogens (tertiary/aromatic N) is 1. The summed E-state index contributed by atoms with van der Waals surface area (Å²) >= 11 is 0. The van der Waals surface area contributed by atoms with Gasteiger partial charge in [-0.05, 0) is 12.8 Å². The first kappa shape index (κ1) is 9.95. The van der Waals surface area contributed by atoms with Gasteiger partial charge in [0.2, 0.25) is 5.91 Å². The van der Waals surface area contributed by atoms with Crippen LogP contribution in [0.25, 0.3) is 0 Å². The second-order valence-corrected chi connectivity index (χ2v) is 3.82. The molecule has 15 heavy (non-hydrogen) atoms. The lowest BCUT2D eigenvalue weighted by atomic mass is 10.3. The number of rotatable bonds is 1. The predicted octanol–water partition coefficient (Wildman–Crippen LogP) is -1.78. The largest absolute Gasteiger partial charge is 0.353 e. The van der Waals surface area contributed by atoms with Crippen molar-refractivity contribution >= 4 is 17.7 Å². The molecule has 0 aromatic carbocycles. The van der Waals surface area contributed by atoms with Gasteiger partial charge in [-0.2, -0.15) is 0 Å². The number of piperazine rings is 1. The van der Waals surface area contributed by atoms with Crippen LogP contribution in [0.1, 0.15) is 12.8 Å². The summed E-state index contributed by atoms with van der Waals surface area (Å²) in [4.78, 5) is 35.2. The Labute approximate surface area is 87.0 Å². The first-order valence-electron chi connectivity index (χ1n) is 5.03. The lowest BCUT2D eigenvalue weighted by molar-refractivity contribution is -0.148. The van der Waals surface area contributed by atoms with E-state index in [1.54, 1.807) is 0 Å². The Balaban J connectivity index is 1.87. The number of carbonyl (C=O) groups excluding carboxylic acids is 3. The Morgan fingerprint density at radius 1 is 1.40 bits per heavy atom. The molecule has 0 aromatic rings. The highest BCUT2D eigenvalue weighted by molar-refractivity contribution is 6.35. The summed E-state index contributed by atoms with van der Waals surface area (Å²) in [6.07, 6.45) is 1.89. The summed E-state index contributed by atoms with van der Waals surface area (Å²) in [6, 6.07) is 0.167. The van der Waals surface area contributed by atoms with Crippen LogP contribution in [0, 0.1) is 0 Å². The van der Waals surface area contributed by atoms with Crippen molar-refractivity contribution in [2.75, 3.05) is 19.6 Å². The zero-order valence-corrected chi connectivity index (χ0v) is 8.28. The van der Waals surface area contributed by atoms with Gasteiger partial charge in [0.25, 0.3) is 0 Å². The fraction of sp³-hybridized carbons (Fsp3) is 0.667. The standard InChI is InChI=1S/C9H13N3O3/c13-7-5-12(4-3-10-7)9(15)8(14)11-6-1-2-6/h6H,1-5H2,(H,10,13)(H,11,14). The molecule has 2 aliphatic rings. The lowest BCUT2D eigenvalue weighted by Crippen LogP contribution is -2.53. The molecule has 0 unspecified atom stereocenters. The maximum absolute atomic E-state index is 11.5. The Bertz CT molecular complexity index is 312. The molecule has 1 aliphatic heterocycles. The van der Waals surface area contributed by atoms with Gasteiger partial charge in [-0.1, -0.05) is 0 Å². The molecule has 6 nitrogen and oxygen atoms in total. The molecule has 1 saturated heterocycles. The molecule has 6 heteroatoms. The quantitative estimate of drug-likeness (QED) is 0.503. The van der Waals surface area contributed by atoms with Gasteiger partial charge in [-0.15, -0.1) is 0 Å². The second-order valence-electron chi connectivity index (χ2n) is 3.82. The van der Waals surface area contributed by atoms with Crippen LogP contribution < -0.4 is 10.6 Å². The van der Waals surface area contributed by atoms with Crippen molar-refractivity contribution in [1.29, 1.82) is 0 Å². The molecular weight excluding hydrogens is 198 g/mol. The molecule has 2 N–H and O–H groups in total. The molecular formula is C9H13N3O3. The Morgan fingerprint density at radius 2 is 2.13 bits per heavy atom. The van der Waals surface area contributed by atoms with Crippen LogP contribution in [-0.4, -0.2) is 48.3 Å². The van der Waals surface area contributed by atoms with E-state index in [1.807, 2.05) is 0 Å². The zero-order valence-electron chi connectivity index (χ0n) is 8.28. The minimum absolute atomic E-state index is 0.0169. The summed E-state index contributed by atoms with van der Waals surface area (Å²) in [5.41, 5.74) is 0. The van der Waals surface area contributed by atoms with E-state index in [9.17, 15) is 14.4 Å². The van der Waals surface area contributed by atoms with Gasteiger partial charge in [0, 0.05) is 19.1 Å². The van der Waals surface area contributed by atoms with Crippen LogP contribution in [0.3, 0.4) is 0 Å². The number of nitrogens with one attached hydrogen (secondary N) is 2. The highest BCUT2D eigenvalue weighted by atomic mass is 16.2. The van der Waals surface area contributed by atoms with Crippen molar-refractivity contribution in [1.82, 2.24) is 15.5 Å². The molecule has 1 aliphatic carbocycles. The van der Waals surface area contributed by atoms with Crippen molar-refractivity contribution in [3.63, 3.8) is 0 Å². The van der Waals surface area contributed by atoms with E-state index in [4.69, 9.17) is 0 Å². The van der Waals surface area contributed by atoms with Gasteiger partial charge >= 0.3 is 11.8 Å². The molecule has 2 fully saturated rings. The van der Waals surface area contributed by atoms with Crippen LogP contribution >= 0.6 is 0 Å². The molecule has 1 saturated carbocycles. The number of amides is 3. The van der Waals surface area contributed by atoms with Gasteiger partial charge in [0.05, 0.1) is 0 Å². The van der Waals surface area contributed by atoms with Gasteiger partial charge in [0.15, 0.2) is 0 Å². The topological polar surface area (TPSA) is 78.5 Å². The molecule has 1 heterocycles. The lowest BCUT2D eigenvalue weighted by Gasteiger charge is -2.25. The van der Waals surface area contributed by atoms with Crippen LogP contribution in [-0.2, 0) is 14.4 Å². The number of carbonyl (C=O) groups is 3. The highest BCUT2D eigenvalue weighted by Gasteiger charge is 2.30. The van der Waals surface area contributed by atoms with E-state index >= 15 is 0 Å². The summed E-state index contributed by atoms with van der Waals surface area (Å²) in [6.45, 7) is 0.806. The number of hydrogen-bond acceptors (Lipinski definition) is 3. The van der Waals surface area contributed by atoms with Gasteiger partial charge in [-0.3, -0.25) is 14.4 Å². The van der Waals surface area contributed by atoms with Crippen molar-refractivity contribution < 1.29 is 14.4 Å². The molecule has 0 aromatic heterocycles. The third kappa shape index (κ3) is 2.45. The van der Waals surface area contributed by atoms with Crippen molar-refractivity contribution in [2.45, 2.75) is 18.9 Å². The SMILES string of the molecule is O=C1CN(C(=O)C(=O)NC2CC2)CCN1. The van der Waals surface area contributed by atoms with E-state index in [0.717, 1.165) is 12.8 Å². The maximum atomic E-state index is 11.5.